The molecule has 140 valence electrons. The number of hydrogen-bond acceptors (Lipinski definition) is 2. The standard InChI is InChI=1S/C25H29NO/c1-18-15-19(2)23(20(3)16-18)17-26(4)24(21-11-7-5-8-12-21)25(27)22-13-9-6-10-14-22/h5-16,24-25,27H,17H2,1-4H3/t24-,25+/m0/s1. The van der Waals surface area contributed by atoms with Gasteiger partial charge in [0.15, 0.2) is 0 Å². The molecule has 0 bridgehead atoms. The van der Waals surface area contributed by atoms with Gasteiger partial charge in [0.05, 0.1) is 12.1 Å². The predicted octanol–water partition coefficient (Wildman–Crippen LogP) is 5.52. The summed E-state index contributed by atoms with van der Waals surface area (Å²) in [7, 11) is 2.10. The van der Waals surface area contributed by atoms with Crippen LogP contribution >= 0.6 is 0 Å². The molecular formula is C25H29NO. The maximum atomic E-state index is 11.2. The van der Waals surface area contributed by atoms with Gasteiger partial charge in [0.25, 0.3) is 0 Å². The Morgan fingerprint density at radius 1 is 0.778 bits per heavy atom. The van der Waals surface area contributed by atoms with Crippen molar-refractivity contribution >= 4 is 0 Å². The third kappa shape index (κ3) is 4.47. The van der Waals surface area contributed by atoms with Crippen LogP contribution in [0.25, 0.3) is 0 Å². The highest BCUT2D eigenvalue weighted by Gasteiger charge is 2.27. The van der Waals surface area contributed by atoms with Crippen molar-refractivity contribution in [3.05, 3.63) is 106 Å². The van der Waals surface area contributed by atoms with Crippen molar-refractivity contribution < 1.29 is 5.11 Å². The Labute approximate surface area is 163 Å². The van der Waals surface area contributed by atoms with Gasteiger partial charge in [-0.15, -0.1) is 0 Å². The van der Waals surface area contributed by atoms with Gasteiger partial charge in [0, 0.05) is 6.54 Å². The summed E-state index contributed by atoms with van der Waals surface area (Å²) in [6, 6.07) is 24.6. The smallest absolute Gasteiger partial charge is 0.0986 e. The first-order valence-electron chi connectivity index (χ1n) is 9.52. The minimum atomic E-state index is -0.593. The van der Waals surface area contributed by atoms with E-state index in [4.69, 9.17) is 0 Å². The molecule has 3 aromatic carbocycles. The normalized spacial score (nSPS) is 13.6. The van der Waals surface area contributed by atoms with Crippen LogP contribution in [0, 0.1) is 20.8 Å². The lowest BCUT2D eigenvalue weighted by Crippen LogP contribution is -2.30. The van der Waals surface area contributed by atoms with Crippen LogP contribution in [-0.4, -0.2) is 17.1 Å². The number of nitrogens with zero attached hydrogens (tertiary/aromatic N) is 1. The van der Waals surface area contributed by atoms with Crippen LogP contribution < -0.4 is 0 Å². The fourth-order valence-electron chi connectivity index (χ4n) is 3.97. The van der Waals surface area contributed by atoms with E-state index >= 15 is 0 Å². The molecule has 0 spiro atoms. The van der Waals surface area contributed by atoms with E-state index in [0.717, 1.165) is 17.7 Å². The first-order chi connectivity index (χ1) is 13.0. The Bertz CT molecular complexity index is 850. The van der Waals surface area contributed by atoms with Gasteiger partial charge in [0.1, 0.15) is 0 Å². The van der Waals surface area contributed by atoms with Crippen LogP contribution in [0.1, 0.15) is 45.5 Å². The lowest BCUT2D eigenvalue weighted by Gasteiger charge is -2.33. The number of aliphatic hydroxyl groups is 1. The highest BCUT2D eigenvalue weighted by atomic mass is 16.3. The number of rotatable bonds is 6. The van der Waals surface area contributed by atoms with Crippen molar-refractivity contribution in [2.24, 2.45) is 0 Å². The predicted molar refractivity (Wildman–Crippen MR) is 113 cm³/mol. The molecule has 0 aliphatic heterocycles. The molecule has 0 radical (unpaired) electrons. The molecule has 0 fully saturated rings. The highest BCUT2D eigenvalue weighted by Crippen LogP contribution is 2.34. The fraction of sp³-hybridized carbons (Fsp3) is 0.280. The van der Waals surface area contributed by atoms with Crippen molar-refractivity contribution in [3.63, 3.8) is 0 Å². The van der Waals surface area contributed by atoms with E-state index in [9.17, 15) is 5.11 Å². The lowest BCUT2D eigenvalue weighted by molar-refractivity contribution is 0.0577. The minimum Gasteiger partial charge on any atom is -0.386 e. The van der Waals surface area contributed by atoms with E-state index in [2.05, 4.69) is 57.0 Å². The number of aliphatic hydroxyl groups excluding tert-OH is 1. The summed E-state index contributed by atoms with van der Waals surface area (Å²) in [5, 5.41) is 11.2. The second-order valence-corrected chi connectivity index (χ2v) is 7.50. The zero-order chi connectivity index (χ0) is 19.4. The monoisotopic (exact) mass is 359 g/mol. The maximum Gasteiger partial charge on any atom is 0.0986 e. The van der Waals surface area contributed by atoms with Crippen LogP contribution in [-0.2, 0) is 6.54 Å². The minimum absolute atomic E-state index is 0.117. The van der Waals surface area contributed by atoms with Crippen LogP contribution in [0.2, 0.25) is 0 Å². The highest BCUT2D eigenvalue weighted by molar-refractivity contribution is 5.38. The zero-order valence-electron chi connectivity index (χ0n) is 16.7. The molecule has 1 N–H and O–H groups in total. The second kappa shape index (κ2) is 8.51. The number of benzene rings is 3. The van der Waals surface area contributed by atoms with E-state index < -0.39 is 6.10 Å². The third-order valence-electron chi connectivity index (χ3n) is 5.30. The van der Waals surface area contributed by atoms with E-state index in [1.54, 1.807) is 0 Å². The van der Waals surface area contributed by atoms with Crippen molar-refractivity contribution in [3.8, 4) is 0 Å². The van der Waals surface area contributed by atoms with E-state index in [1.807, 2.05) is 48.5 Å². The molecule has 2 heteroatoms. The van der Waals surface area contributed by atoms with Crippen molar-refractivity contribution in [2.45, 2.75) is 39.5 Å². The molecular weight excluding hydrogens is 330 g/mol. The molecule has 0 heterocycles. The molecule has 0 aliphatic rings. The van der Waals surface area contributed by atoms with Gasteiger partial charge in [0.2, 0.25) is 0 Å². The third-order valence-corrected chi connectivity index (χ3v) is 5.30. The second-order valence-electron chi connectivity index (χ2n) is 7.50. The van der Waals surface area contributed by atoms with Crippen molar-refractivity contribution in [2.75, 3.05) is 7.05 Å². The summed E-state index contributed by atoms with van der Waals surface area (Å²) >= 11 is 0. The van der Waals surface area contributed by atoms with Gasteiger partial charge in [-0.3, -0.25) is 4.90 Å². The summed E-state index contributed by atoms with van der Waals surface area (Å²) in [6.45, 7) is 7.28. The van der Waals surface area contributed by atoms with Crippen LogP contribution in [0.4, 0.5) is 0 Å². The first-order valence-corrected chi connectivity index (χ1v) is 9.52. The molecule has 3 rings (SSSR count). The Balaban J connectivity index is 1.96. The first kappa shape index (κ1) is 19.3. The SMILES string of the molecule is Cc1cc(C)c(CN(C)[C@@H](c2ccccc2)[C@H](O)c2ccccc2)c(C)c1. The summed E-state index contributed by atoms with van der Waals surface area (Å²) in [5.41, 5.74) is 7.31. The fourth-order valence-corrected chi connectivity index (χ4v) is 3.97. The van der Waals surface area contributed by atoms with Crippen molar-refractivity contribution in [1.29, 1.82) is 0 Å². The molecule has 0 saturated carbocycles. The maximum absolute atomic E-state index is 11.2. The zero-order valence-corrected chi connectivity index (χ0v) is 16.7. The van der Waals surface area contributed by atoms with E-state index in [-0.39, 0.29) is 6.04 Å². The lowest BCUT2D eigenvalue weighted by atomic mass is 9.93. The quantitative estimate of drug-likeness (QED) is 0.626. The summed E-state index contributed by atoms with van der Waals surface area (Å²) in [5.74, 6) is 0. The molecule has 0 unspecified atom stereocenters. The van der Waals surface area contributed by atoms with E-state index in [1.165, 1.54) is 22.3 Å². The van der Waals surface area contributed by atoms with Crippen molar-refractivity contribution in [1.82, 2.24) is 4.90 Å². The molecule has 27 heavy (non-hydrogen) atoms. The molecule has 0 aliphatic carbocycles. The van der Waals surface area contributed by atoms with Gasteiger partial charge in [-0.1, -0.05) is 78.4 Å². The topological polar surface area (TPSA) is 23.5 Å². The molecule has 0 saturated heterocycles. The number of aryl methyl sites for hydroxylation is 3. The molecule has 2 atom stereocenters. The van der Waals surface area contributed by atoms with Gasteiger partial charge in [-0.2, -0.15) is 0 Å². The average molecular weight is 360 g/mol. The van der Waals surface area contributed by atoms with Crippen LogP contribution in [0.15, 0.2) is 72.8 Å². The average Bonchev–Trinajstić information content (AvgIpc) is 2.66. The molecule has 2 nitrogen and oxygen atoms in total. The summed E-state index contributed by atoms with van der Waals surface area (Å²) in [4.78, 5) is 2.26. The number of hydrogen-bond donors (Lipinski definition) is 1. The Morgan fingerprint density at radius 2 is 1.26 bits per heavy atom. The Kier molecular flexibility index (Phi) is 6.10. The van der Waals surface area contributed by atoms with E-state index in [0.29, 0.717) is 0 Å². The van der Waals surface area contributed by atoms with Crippen LogP contribution in [0.3, 0.4) is 0 Å². The molecule has 3 aromatic rings. The number of likely N-dealkylation sites (N-methyl/N-ethyl adjacent to an activating group) is 1. The largest absolute Gasteiger partial charge is 0.386 e. The van der Waals surface area contributed by atoms with Crippen LogP contribution in [0.5, 0.6) is 0 Å². The molecule has 0 amide bonds. The summed E-state index contributed by atoms with van der Waals surface area (Å²) in [6.07, 6.45) is -0.593. The molecule has 0 aromatic heterocycles. The summed E-state index contributed by atoms with van der Waals surface area (Å²) < 4.78 is 0. The van der Waals surface area contributed by atoms with Gasteiger partial charge >= 0.3 is 0 Å². The Morgan fingerprint density at radius 3 is 1.78 bits per heavy atom. The van der Waals surface area contributed by atoms with Gasteiger partial charge in [-0.25, -0.2) is 0 Å². The Hall–Kier alpha value is -2.42. The van der Waals surface area contributed by atoms with Gasteiger partial charge < -0.3 is 5.11 Å². The van der Waals surface area contributed by atoms with Gasteiger partial charge in [-0.05, 0) is 55.6 Å².